The molecule has 0 aliphatic rings. The SMILES string of the molecule is COP(=O)(O)OCC(O)OCCOCCOCCOCCCNc1ccc([N+](=O)[O-])cc1[N+](=O)[O-]. The Morgan fingerprint density at radius 1 is 1.00 bits per heavy atom. The summed E-state index contributed by atoms with van der Waals surface area (Å²) in [5, 5.41) is 34.1. The molecule has 16 nitrogen and oxygen atoms in total. The second-order valence-corrected chi connectivity index (χ2v) is 8.17. The number of nitrogens with zero attached hydrogens (tertiary/aromatic N) is 2. The van der Waals surface area contributed by atoms with Crippen molar-refractivity contribution in [3.05, 3.63) is 38.4 Å². The van der Waals surface area contributed by atoms with Gasteiger partial charge >= 0.3 is 7.82 Å². The minimum Gasteiger partial charge on any atom is -0.379 e. The predicted octanol–water partition coefficient (Wildman–Crippen LogP) is 1.45. The predicted molar refractivity (Wildman–Crippen MR) is 120 cm³/mol. The topological polar surface area (TPSA) is 211 Å². The first-order valence-electron chi connectivity index (χ1n) is 10.4. The minimum absolute atomic E-state index is 0.0351. The Balaban J connectivity index is 1.98. The Kier molecular flexibility index (Phi) is 15.1. The van der Waals surface area contributed by atoms with Crippen LogP contribution in [0.2, 0.25) is 0 Å². The van der Waals surface area contributed by atoms with Crippen LogP contribution in [0, 0.1) is 20.2 Å². The van der Waals surface area contributed by atoms with Gasteiger partial charge in [0.25, 0.3) is 11.4 Å². The van der Waals surface area contributed by atoms with Crippen LogP contribution >= 0.6 is 7.82 Å². The van der Waals surface area contributed by atoms with E-state index in [9.17, 15) is 29.9 Å². The van der Waals surface area contributed by atoms with Crippen LogP contribution in [0.5, 0.6) is 0 Å². The monoisotopic (exact) mass is 527 g/mol. The molecule has 3 N–H and O–H groups in total. The number of aliphatic hydroxyl groups excluding tert-OH is 1. The molecule has 1 aromatic rings. The maximum atomic E-state index is 11.1. The van der Waals surface area contributed by atoms with E-state index in [4.69, 9.17) is 23.8 Å². The van der Waals surface area contributed by atoms with Gasteiger partial charge in [-0.25, -0.2) is 4.57 Å². The molecule has 200 valence electrons. The summed E-state index contributed by atoms with van der Waals surface area (Å²) in [5.74, 6) is 0. The Morgan fingerprint density at radius 2 is 1.60 bits per heavy atom. The number of non-ortho nitro benzene ring substituents is 1. The normalized spacial score (nSPS) is 13.8. The first kappa shape index (κ1) is 30.8. The Hall–Kier alpha value is -2.27. The van der Waals surface area contributed by atoms with Gasteiger partial charge in [-0.05, 0) is 12.5 Å². The highest BCUT2D eigenvalue weighted by molar-refractivity contribution is 7.47. The standard InChI is InChI=1S/C18H30N3O13P/c1-29-35(27,28)34-14-18(22)33-12-11-32-10-9-31-8-7-30-6-2-5-19-16-4-3-15(20(23)24)13-17(16)21(25)26/h3-4,13,18-19,22H,2,5-12,14H2,1H3,(H,27,28). The number of phosphoric acid groups is 1. The molecule has 1 rings (SSSR count). The zero-order chi connectivity index (χ0) is 26.1. The van der Waals surface area contributed by atoms with E-state index >= 15 is 0 Å². The third kappa shape index (κ3) is 14.0. The largest absolute Gasteiger partial charge is 0.472 e. The van der Waals surface area contributed by atoms with Gasteiger partial charge in [0.1, 0.15) is 12.3 Å². The molecule has 0 aliphatic carbocycles. The molecule has 0 amide bonds. The molecule has 17 heteroatoms. The van der Waals surface area contributed by atoms with Gasteiger partial charge in [-0.1, -0.05) is 0 Å². The maximum absolute atomic E-state index is 11.1. The number of nitro groups is 2. The number of benzene rings is 1. The van der Waals surface area contributed by atoms with Gasteiger partial charge in [-0.3, -0.25) is 29.3 Å². The Morgan fingerprint density at radius 3 is 2.17 bits per heavy atom. The average Bonchev–Trinajstić information content (AvgIpc) is 2.82. The summed E-state index contributed by atoms with van der Waals surface area (Å²) in [4.78, 5) is 29.4. The summed E-state index contributed by atoms with van der Waals surface area (Å²) >= 11 is 0. The van der Waals surface area contributed by atoms with E-state index < -0.39 is 30.6 Å². The number of rotatable bonds is 21. The van der Waals surface area contributed by atoms with Crippen molar-refractivity contribution < 1.29 is 52.4 Å². The Labute approximate surface area is 200 Å². The molecule has 0 aliphatic heterocycles. The highest BCUT2D eigenvalue weighted by Crippen LogP contribution is 2.41. The highest BCUT2D eigenvalue weighted by atomic mass is 31.2. The molecule has 2 unspecified atom stereocenters. The lowest BCUT2D eigenvalue weighted by molar-refractivity contribution is -0.393. The third-order valence-electron chi connectivity index (χ3n) is 4.06. The van der Waals surface area contributed by atoms with E-state index in [-0.39, 0.29) is 36.9 Å². The lowest BCUT2D eigenvalue weighted by atomic mass is 10.2. The lowest BCUT2D eigenvalue weighted by Gasteiger charge is -2.14. The van der Waals surface area contributed by atoms with Crippen LogP contribution < -0.4 is 5.32 Å². The molecular weight excluding hydrogens is 497 g/mol. The van der Waals surface area contributed by atoms with E-state index in [1.807, 2.05) is 0 Å². The van der Waals surface area contributed by atoms with Crippen LogP contribution in [0.25, 0.3) is 0 Å². The van der Waals surface area contributed by atoms with Crippen molar-refractivity contribution in [2.45, 2.75) is 12.7 Å². The molecule has 0 spiro atoms. The summed E-state index contributed by atoms with van der Waals surface area (Å²) < 4.78 is 40.5. The molecule has 0 bridgehead atoms. The maximum Gasteiger partial charge on any atom is 0.472 e. The van der Waals surface area contributed by atoms with E-state index in [0.29, 0.717) is 39.4 Å². The van der Waals surface area contributed by atoms with Crippen molar-refractivity contribution in [2.75, 3.05) is 71.8 Å². The van der Waals surface area contributed by atoms with Gasteiger partial charge in [0.2, 0.25) is 0 Å². The van der Waals surface area contributed by atoms with Crippen molar-refractivity contribution >= 4 is 24.9 Å². The zero-order valence-electron chi connectivity index (χ0n) is 19.1. The van der Waals surface area contributed by atoms with Gasteiger partial charge < -0.3 is 34.3 Å². The van der Waals surface area contributed by atoms with Crippen molar-refractivity contribution in [1.29, 1.82) is 0 Å². The van der Waals surface area contributed by atoms with Crippen LogP contribution in [0.4, 0.5) is 17.1 Å². The van der Waals surface area contributed by atoms with Crippen molar-refractivity contribution in [1.82, 2.24) is 0 Å². The summed E-state index contributed by atoms with van der Waals surface area (Å²) in [7, 11) is -3.17. The quantitative estimate of drug-likeness (QED) is 0.0679. The van der Waals surface area contributed by atoms with Crippen molar-refractivity contribution in [3.8, 4) is 0 Å². The molecule has 0 heterocycles. The van der Waals surface area contributed by atoms with Crippen LogP contribution in [-0.4, -0.2) is 92.6 Å². The molecule has 0 saturated heterocycles. The first-order chi connectivity index (χ1) is 16.7. The van der Waals surface area contributed by atoms with Gasteiger partial charge in [0, 0.05) is 26.3 Å². The highest BCUT2D eigenvalue weighted by Gasteiger charge is 2.21. The summed E-state index contributed by atoms with van der Waals surface area (Å²) in [6.07, 6.45) is -0.850. The number of aliphatic hydroxyl groups is 1. The second-order valence-electron chi connectivity index (χ2n) is 6.61. The number of hydrogen-bond acceptors (Lipinski definition) is 13. The fourth-order valence-corrected chi connectivity index (χ4v) is 2.80. The third-order valence-corrected chi connectivity index (χ3v) is 5.00. The van der Waals surface area contributed by atoms with E-state index in [0.717, 1.165) is 13.2 Å². The molecule has 0 aromatic heterocycles. The number of nitrogens with one attached hydrogen (secondary N) is 1. The molecule has 1 aromatic carbocycles. The zero-order valence-corrected chi connectivity index (χ0v) is 20.0. The fraction of sp³-hybridized carbons (Fsp3) is 0.667. The van der Waals surface area contributed by atoms with Crippen LogP contribution in [0.15, 0.2) is 18.2 Å². The minimum atomic E-state index is -4.16. The number of ether oxygens (including phenoxy) is 4. The molecule has 2 atom stereocenters. The van der Waals surface area contributed by atoms with Crippen LogP contribution in [0.1, 0.15) is 6.42 Å². The smallest absolute Gasteiger partial charge is 0.379 e. The van der Waals surface area contributed by atoms with E-state index in [1.165, 1.54) is 12.1 Å². The van der Waals surface area contributed by atoms with Gasteiger partial charge in [-0.2, -0.15) is 0 Å². The van der Waals surface area contributed by atoms with Crippen molar-refractivity contribution in [2.24, 2.45) is 0 Å². The van der Waals surface area contributed by atoms with Gasteiger partial charge in [-0.15, -0.1) is 0 Å². The van der Waals surface area contributed by atoms with E-state index in [2.05, 4.69) is 14.4 Å². The molecule has 35 heavy (non-hydrogen) atoms. The number of phosphoric ester groups is 1. The Bertz CT molecular complexity index is 829. The average molecular weight is 527 g/mol. The van der Waals surface area contributed by atoms with Crippen LogP contribution in [-0.2, 0) is 32.6 Å². The number of nitro benzene ring substituents is 2. The van der Waals surface area contributed by atoms with Gasteiger partial charge in [0.05, 0.1) is 55.6 Å². The second kappa shape index (κ2) is 17.2. The van der Waals surface area contributed by atoms with Crippen LogP contribution in [0.3, 0.4) is 0 Å². The van der Waals surface area contributed by atoms with E-state index in [1.54, 1.807) is 0 Å². The van der Waals surface area contributed by atoms with Gasteiger partial charge in [0.15, 0.2) is 6.29 Å². The fourth-order valence-electron chi connectivity index (χ4n) is 2.38. The molecule has 0 fully saturated rings. The first-order valence-corrected chi connectivity index (χ1v) is 11.9. The molecule has 0 saturated carbocycles. The molecular formula is C18H30N3O13P. The number of hydrogen-bond donors (Lipinski definition) is 3. The summed E-state index contributed by atoms with van der Waals surface area (Å²) in [5.41, 5.74) is -0.527. The number of anilines is 1. The summed E-state index contributed by atoms with van der Waals surface area (Å²) in [6.45, 7) is 1.69. The lowest BCUT2D eigenvalue weighted by Crippen LogP contribution is -2.21. The summed E-state index contributed by atoms with van der Waals surface area (Å²) in [6, 6.07) is 3.40. The molecule has 0 radical (unpaired) electrons. The van der Waals surface area contributed by atoms with Crippen molar-refractivity contribution in [3.63, 3.8) is 0 Å².